The van der Waals surface area contributed by atoms with Crippen molar-refractivity contribution in [1.29, 1.82) is 0 Å². The van der Waals surface area contributed by atoms with E-state index in [0.717, 1.165) is 6.42 Å². The van der Waals surface area contributed by atoms with Crippen LogP contribution in [0, 0.1) is 0 Å². The molecule has 0 fully saturated rings. The van der Waals surface area contributed by atoms with Gasteiger partial charge in [0.05, 0.1) is 13.2 Å². The molecule has 0 saturated carbocycles. The van der Waals surface area contributed by atoms with Crippen molar-refractivity contribution in [1.82, 2.24) is 5.32 Å². The minimum absolute atomic E-state index is 0.0594. The summed E-state index contributed by atoms with van der Waals surface area (Å²) in [5.74, 6) is 0.0594. The molecular formula is C9H16BrNO2. The highest BCUT2D eigenvalue weighted by Crippen LogP contribution is 1.86. The Labute approximate surface area is 87.7 Å². The average molecular weight is 250 g/mol. The Morgan fingerprint density at radius 2 is 2.31 bits per heavy atom. The number of ether oxygens (including phenoxy) is 1. The lowest BCUT2D eigenvalue weighted by Gasteiger charge is -2.04. The number of carbonyl (C=O) groups excluding carboxylic acids is 1. The van der Waals surface area contributed by atoms with Crippen molar-refractivity contribution in [3.05, 3.63) is 12.7 Å². The van der Waals surface area contributed by atoms with E-state index in [1.54, 1.807) is 0 Å². The Kier molecular flexibility index (Phi) is 9.47. The number of rotatable bonds is 8. The van der Waals surface area contributed by atoms with Gasteiger partial charge in [0.2, 0.25) is 5.91 Å². The Morgan fingerprint density at radius 1 is 1.54 bits per heavy atom. The van der Waals surface area contributed by atoms with Crippen LogP contribution in [0.25, 0.3) is 0 Å². The summed E-state index contributed by atoms with van der Waals surface area (Å²) in [6, 6.07) is 0. The molecule has 0 aromatic carbocycles. The van der Waals surface area contributed by atoms with E-state index in [4.69, 9.17) is 4.74 Å². The van der Waals surface area contributed by atoms with E-state index in [9.17, 15) is 4.79 Å². The van der Waals surface area contributed by atoms with E-state index in [1.807, 2.05) is 6.08 Å². The van der Waals surface area contributed by atoms with Crippen LogP contribution in [0.2, 0.25) is 0 Å². The van der Waals surface area contributed by atoms with Crippen molar-refractivity contribution >= 4 is 21.8 Å². The van der Waals surface area contributed by atoms with Crippen LogP contribution in [0.5, 0.6) is 0 Å². The first-order valence-electron chi connectivity index (χ1n) is 4.32. The van der Waals surface area contributed by atoms with Crippen molar-refractivity contribution in [3.8, 4) is 0 Å². The van der Waals surface area contributed by atoms with E-state index in [2.05, 4.69) is 27.8 Å². The maximum absolute atomic E-state index is 10.9. The van der Waals surface area contributed by atoms with Gasteiger partial charge in [-0.2, -0.15) is 0 Å². The van der Waals surface area contributed by atoms with Crippen LogP contribution in [0.15, 0.2) is 12.7 Å². The molecule has 0 saturated heterocycles. The summed E-state index contributed by atoms with van der Waals surface area (Å²) in [6.45, 7) is 5.41. The highest BCUT2D eigenvalue weighted by atomic mass is 79.9. The molecule has 0 aliphatic heterocycles. The van der Waals surface area contributed by atoms with Gasteiger partial charge in [-0.3, -0.25) is 4.79 Å². The van der Waals surface area contributed by atoms with Crippen LogP contribution < -0.4 is 5.32 Å². The summed E-state index contributed by atoms with van der Waals surface area (Å²) in [6.07, 6.45) is 3.19. The molecule has 1 amide bonds. The predicted octanol–water partition coefficient (Wildman–Crippen LogP) is 1.48. The van der Waals surface area contributed by atoms with Gasteiger partial charge in [0.1, 0.15) is 0 Å². The third kappa shape index (κ3) is 9.56. The van der Waals surface area contributed by atoms with Crippen LogP contribution in [0.1, 0.15) is 12.8 Å². The SMILES string of the molecule is C=CCCOCCNC(=O)CCBr. The van der Waals surface area contributed by atoms with E-state index >= 15 is 0 Å². The van der Waals surface area contributed by atoms with Crippen LogP contribution in [-0.4, -0.2) is 31.0 Å². The zero-order chi connectivity index (χ0) is 9.94. The number of carbonyl (C=O) groups is 1. The fourth-order valence-electron chi connectivity index (χ4n) is 0.706. The molecule has 1 N–H and O–H groups in total. The highest BCUT2D eigenvalue weighted by molar-refractivity contribution is 9.09. The highest BCUT2D eigenvalue weighted by Gasteiger charge is 1.97. The molecular weight excluding hydrogens is 234 g/mol. The zero-order valence-electron chi connectivity index (χ0n) is 7.72. The number of nitrogens with one attached hydrogen (secondary N) is 1. The molecule has 4 heteroatoms. The van der Waals surface area contributed by atoms with Crippen LogP contribution >= 0.6 is 15.9 Å². The average Bonchev–Trinajstić information content (AvgIpc) is 2.11. The number of halogens is 1. The summed E-state index contributed by atoms with van der Waals surface area (Å²) >= 11 is 3.19. The molecule has 0 aliphatic carbocycles. The molecule has 0 atom stereocenters. The van der Waals surface area contributed by atoms with Crippen molar-refractivity contribution in [2.75, 3.05) is 25.1 Å². The second-order valence-corrected chi connectivity index (χ2v) is 3.27. The topological polar surface area (TPSA) is 38.3 Å². The van der Waals surface area contributed by atoms with Crippen molar-refractivity contribution in [2.24, 2.45) is 0 Å². The number of alkyl halides is 1. The molecule has 0 rings (SSSR count). The van der Waals surface area contributed by atoms with Crippen LogP contribution in [0.3, 0.4) is 0 Å². The quantitative estimate of drug-likeness (QED) is 0.402. The van der Waals surface area contributed by atoms with E-state index in [1.165, 1.54) is 0 Å². The van der Waals surface area contributed by atoms with Crippen LogP contribution in [0.4, 0.5) is 0 Å². The monoisotopic (exact) mass is 249 g/mol. The molecule has 13 heavy (non-hydrogen) atoms. The molecule has 0 radical (unpaired) electrons. The van der Waals surface area contributed by atoms with Gasteiger partial charge in [0.15, 0.2) is 0 Å². The van der Waals surface area contributed by atoms with E-state index in [-0.39, 0.29) is 5.91 Å². The first-order valence-corrected chi connectivity index (χ1v) is 5.44. The molecule has 0 aromatic heterocycles. The largest absolute Gasteiger partial charge is 0.379 e. The summed E-state index contributed by atoms with van der Waals surface area (Å²) in [5, 5.41) is 3.45. The minimum atomic E-state index is 0.0594. The Bertz CT molecular complexity index is 151. The smallest absolute Gasteiger partial charge is 0.220 e. The standard InChI is InChI=1S/C9H16BrNO2/c1-2-3-7-13-8-6-11-9(12)4-5-10/h2H,1,3-8H2,(H,11,12). The first-order chi connectivity index (χ1) is 6.31. The third-order valence-corrected chi connectivity index (χ3v) is 1.75. The van der Waals surface area contributed by atoms with Gasteiger partial charge in [0.25, 0.3) is 0 Å². The number of hydrogen-bond donors (Lipinski definition) is 1. The lowest BCUT2D eigenvalue weighted by Crippen LogP contribution is -2.27. The molecule has 0 aromatic rings. The fraction of sp³-hybridized carbons (Fsp3) is 0.667. The summed E-state index contributed by atoms with van der Waals surface area (Å²) in [4.78, 5) is 10.9. The molecule has 0 spiro atoms. The molecule has 0 bridgehead atoms. The number of hydrogen-bond acceptors (Lipinski definition) is 2. The fourth-order valence-corrected chi connectivity index (χ4v) is 1.07. The van der Waals surface area contributed by atoms with Crippen molar-refractivity contribution < 1.29 is 9.53 Å². The van der Waals surface area contributed by atoms with Crippen molar-refractivity contribution in [3.63, 3.8) is 0 Å². The first kappa shape index (κ1) is 12.7. The van der Waals surface area contributed by atoms with Crippen LogP contribution in [-0.2, 0) is 9.53 Å². The van der Waals surface area contributed by atoms with E-state index in [0.29, 0.717) is 31.5 Å². The second kappa shape index (κ2) is 9.74. The number of amides is 1. The molecule has 3 nitrogen and oxygen atoms in total. The Hall–Kier alpha value is -0.350. The summed E-state index contributed by atoms with van der Waals surface area (Å²) in [5.41, 5.74) is 0. The van der Waals surface area contributed by atoms with Gasteiger partial charge in [-0.05, 0) is 6.42 Å². The third-order valence-electron chi connectivity index (χ3n) is 1.36. The van der Waals surface area contributed by atoms with Gasteiger partial charge in [-0.25, -0.2) is 0 Å². The van der Waals surface area contributed by atoms with Gasteiger partial charge < -0.3 is 10.1 Å². The molecule has 0 heterocycles. The normalized spacial score (nSPS) is 9.62. The maximum atomic E-state index is 10.9. The lowest BCUT2D eigenvalue weighted by atomic mass is 10.4. The summed E-state index contributed by atoms with van der Waals surface area (Å²) < 4.78 is 5.20. The van der Waals surface area contributed by atoms with E-state index < -0.39 is 0 Å². The van der Waals surface area contributed by atoms with Gasteiger partial charge in [-0.1, -0.05) is 22.0 Å². The van der Waals surface area contributed by atoms with Gasteiger partial charge >= 0.3 is 0 Å². The Morgan fingerprint density at radius 3 is 2.92 bits per heavy atom. The molecule has 0 unspecified atom stereocenters. The van der Waals surface area contributed by atoms with Gasteiger partial charge in [0, 0.05) is 18.3 Å². The Balaban J connectivity index is 3.06. The summed E-state index contributed by atoms with van der Waals surface area (Å²) in [7, 11) is 0. The lowest BCUT2D eigenvalue weighted by molar-refractivity contribution is -0.120. The maximum Gasteiger partial charge on any atom is 0.220 e. The molecule has 0 aliphatic rings. The van der Waals surface area contributed by atoms with Gasteiger partial charge in [-0.15, -0.1) is 6.58 Å². The molecule has 76 valence electrons. The second-order valence-electron chi connectivity index (χ2n) is 2.48. The zero-order valence-corrected chi connectivity index (χ0v) is 9.31. The van der Waals surface area contributed by atoms with Crippen molar-refractivity contribution in [2.45, 2.75) is 12.8 Å². The predicted molar refractivity (Wildman–Crippen MR) is 57.1 cm³/mol. The minimum Gasteiger partial charge on any atom is -0.379 e.